The van der Waals surface area contributed by atoms with Crippen molar-refractivity contribution in [2.75, 3.05) is 51.4 Å². The standard InChI is InChI=1S/C16H21N5O2S2/c1-20-7-9-21(10-8-20)14(22)11-24-16-19-18-15(25-16)17-12-5-3-4-6-13(12)23-2/h3-6H,7-11H2,1-2H3,(H,17,18). The molecule has 1 aliphatic rings. The molecule has 1 amide bonds. The fourth-order valence-electron chi connectivity index (χ4n) is 2.45. The Labute approximate surface area is 155 Å². The molecule has 1 aliphatic heterocycles. The van der Waals surface area contributed by atoms with Crippen LogP contribution in [0.5, 0.6) is 5.75 Å². The van der Waals surface area contributed by atoms with Crippen LogP contribution in [0, 0.1) is 0 Å². The first-order chi connectivity index (χ1) is 12.2. The van der Waals surface area contributed by atoms with Crippen LogP contribution in [-0.4, -0.2) is 72.0 Å². The third kappa shape index (κ3) is 4.83. The van der Waals surface area contributed by atoms with Gasteiger partial charge in [0.1, 0.15) is 5.75 Å². The van der Waals surface area contributed by atoms with Gasteiger partial charge in [0.15, 0.2) is 4.34 Å². The number of thioether (sulfide) groups is 1. The zero-order valence-corrected chi connectivity index (χ0v) is 15.9. The first-order valence-electron chi connectivity index (χ1n) is 7.98. The molecule has 1 saturated heterocycles. The number of carbonyl (C=O) groups is 1. The second-order valence-corrected chi connectivity index (χ2v) is 7.87. The summed E-state index contributed by atoms with van der Waals surface area (Å²) in [5.41, 5.74) is 0.839. The van der Waals surface area contributed by atoms with Gasteiger partial charge in [0.05, 0.1) is 18.6 Å². The van der Waals surface area contributed by atoms with Gasteiger partial charge >= 0.3 is 0 Å². The molecule has 3 rings (SSSR count). The molecule has 9 heteroatoms. The van der Waals surface area contributed by atoms with Crippen molar-refractivity contribution in [2.24, 2.45) is 0 Å². The molecular weight excluding hydrogens is 358 g/mol. The number of methoxy groups -OCH3 is 1. The van der Waals surface area contributed by atoms with E-state index >= 15 is 0 Å². The van der Waals surface area contributed by atoms with Crippen molar-refractivity contribution < 1.29 is 9.53 Å². The van der Waals surface area contributed by atoms with E-state index in [0.29, 0.717) is 10.9 Å². The van der Waals surface area contributed by atoms with Gasteiger partial charge in [0, 0.05) is 26.2 Å². The fraction of sp³-hybridized carbons (Fsp3) is 0.438. The topological polar surface area (TPSA) is 70.6 Å². The highest BCUT2D eigenvalue weighted by Gasteiger charge is 2.19. The largest absolute Gasteiger partial charge is 0.495 e. The van der Waals surface area contributed by atoms with Gasteiger partial charge < -0.3 is 19.9 Å². The van der Waals surface area contributed by atoms with Crippen LogP contribution in [-0.2, 0) is 4.79 Å². The summed E-state index contributed by atoms with van der Waals surface area (Å²) in [6.45, 7) is 3.46. The first-order valence-corrected chi connectivity index (χ1v) is 9.78. The summed E-state index contributed by atoms with van der Waals surface area (Å²) in [6, 6.07) is 7.64. The van der Waals surface area contributed by atoms with Crippen molar-refractivity contribution >= 4 is 39.8 Å². The van der Waals surface area contributed by atoms with Crippen LogP contribution < -0.4 is 10.1 Å². The van der Waals surface area contributed by atoms with Crippen molar-refractivity contribution in [2.45, 2.75) is 4.34 Å². The Morgan fingerprint density at radius 2 is 2.04 bits per heavy atom. The van der Waals surface area contributed by atoms with Crippen molar-refractivity contribution in [3.8, 4) is 5.75 Å². The maximum absolute atomic E-state index is 12.3. The number of rotatable bonds is 6. The Morgan fingerprint density at radius 1 is 1.28 bits per heavy atom. The number of para-hydroxylation sites is 2. The third-order valence-electron chi connectivity index (χ3n) is 3.93. The van der Waals surface area contributed by atoms with E-state index in [4.69, 9.17) is 4.74 Å². The van der Waals surface area contributed by atoms with E-state index in [9.17, 15) is 4.79 Å². The average Bonchev–Trinajstić information content (AvgIpc) is 3.08. The Morgan fingerprint density at radius 3 is 2.80 bits per heavy atom. The first kappa shape index (κ1) is 18.0. The molecule has 2 aromatic rings. The van der Waals surface area contributed by atoms with Gasteiger partial charge in [-0.1, -0.05) is 35.2 Å². The number of aromatic nitrogens is 2. The molecule has 0 spiro atoms. The van der Waals surface area contributed by atoms with E-state index in [2.05, 4.69) is 27.5 Å². The van der Waals surface area contributed by atoms with E-state index < -0.39 is 0 Å². The molecule has 0 bridgehead atoms. The number of ether oxygens (including phenoxy) is 1. The summed E-state index contributed by atoms with van der Waals surface area (Å²) in [4.78, 5) is 16.4. The van der Waals surface area contributed by atoms with Gasteiger partial charge in [-0.25, -0.2) is 0 Å². The zero-order chi connectivity index (χ0) is 17.6. The Bertz CT molecular complexity index is 716. The predicted octanol–water partition coefficient (Wildman–Crippen LogP) is 2.16. The molecule has 134 valence electrons. The number of nitrogens with zero attached hydrogens (tertiary/aromatic N) is 4. The lowest BCUT2D eigenvalue weighted by molar-refractivity contribution is -0.129. The number of carbonyl (C=O) groups excluding carboxylic acids is 1. The van der Waals surface area contributed by atoms with Crippen molar-refractivity contribution in [1.29, 1.82) is 0 Å². The van der Waals surface area contributed by atoms with Gasteiger partial charge in [-0.2, -0.15) is 0 Å². The molecule has 1 aromatic carbocycles. The number of hydrogen-bond acceptors (Lipinski definition) is 8. The monoisotopic (exact) mass is 379 g/mol. The molecule has 1 fully saturated rings. The number of likely N-dealkylation sites (N-methyl/N-ethyl adjacent to an activating group) is 1. The molecule has 0 radical (unpaired) electrons. The smallest absolute Gasteiger partial charge is 0.233 e. The third-order valence-corrected chi connectivity index (χ3v) is 5.89. The van der Waals surface area contributed by atoms with E-state index in [1.165, 1.54) is 23.1 Å². The number of anilines is 2. The van der Waals surface area contributed by atoms with Crippen molar-refractivity contribution in [3.63, 3.8) is 0 Å². The molecular formula is C16H21N5O2S2. The lowest BCUT2D eigenvalue weighted by Crippen LogP contribution is -2.47. The molecule has 0 atom stereocenters. The molecule has 25 heavy (non-hydrogen) atoms. The molecule has 0 aliphatic carbocycles. The lowest BCUT2D eigenvalue weighted by Gasteiger charge is -2.32. The Kier molecular flexibility index (Phi) is 6.11. The highest BCUT2D eigenvalue weighted by atomic mass is 32.2. The van der Waals surface area contributed by atoms with Crippen LogP contribution in [0.2, 0.25) is 0 Å². The highest BCUT2D eigenvalue weighted by molar-refractivity contribution is 8.01. The summed E-state index contributed by atoms with van der Waals surface area (Å²) in [5.74, 6) is 1.30. The van der Waals surface area contributed by atoms with Crippen LogP contribution in [0.15, 0.2) is 28.6 Å². The molecule has 1 aromatic heterocycles. The number of benzene rings is 1. The molecule has 7 nitrogen and oxygen atoms in total. The van der Waals surface area contributed by atoms with Gasteiger partial charge in [-0.15, -0.1) is 10.2 Å². The molecule has 1 N–H and O–H groups in total. The summed E-state index contributed by atoms with van der Waals surface area (Å²) in [5, 5.41) is 12.2. The van der Waals surface area contributed by atoms with Crippen LogP contribution >= 0.6 is 23.1 Å². The average molecular weight is 380 g/mol. The van der Waals surface area contributed by atoms with Crippen LogP contribution in [0.25, 0.3) is 0 Å². The maximum Gasteiger partial charge on any atom is 0.233 e. The van der Waals surface area contributed by atoms with E-state index in [1.54, 1.807) is 7.11 Å². The molecule has 0 unspecified atom stereocenters. The minimum atomic E-state index is 0.160. The van der Waals surface area contributed by atoms with Crippen LogP contribution in [0.1, 0.15) is 0 Å². The molecule has 2 heterocycles. The highest BCUT2D eigenvalue weighted by Crippen LogP contribution is 2.31. The second-order valence-electron chi connectivity index (χ2n) is 5.67. The number of amides is 1. The number of piperazine rings is 1. The summed E-state index contributed by atoms with van der Waals surface area (Å²) >= 11 is 2.86. The summed E-state index contributed by atoms with van der Waals surface area (Å²) in [6.07, 6.45) is 0. The minimum absolute atomic E-state index is 0.160. The normalized spacial score (nSPS) is 15.2. The quantitative estimate of drug-likeness (QED) is 0.771. The predicted molar refractivity (Wildman–Crippen MR) is 101 cm³/mol. The number of hydrogen-bond donors (Lipinski definition) is 1. The van der Waals surface area contributed by atoms with Gasteiger partial charge in [0.25, 0.3) is 0 Å². The van der Waals surface area contributed by atoms with E-state index in [0.717, 1.165) is 42.0 Å². The summed E-state index contributed by atoms with van der Waals surface area (Å²) in [7, 11) is 3.71. The second kappa shape index (κ2) is 8.50. The van der Waals surface area contributed by atoms with Gasteiger partial charge in [-0.3, -0.25) is 4.79 Å². The van der Waals surface area contributed by atoms with Gasteiger partial charge in [-0.05, 0) is 19.2 Å². The maximum atomic E-state index is 12.3. The SMILES string of the molecule is COc1ccccc1Nc1nnc(SCC(=O)N2CCN(C)CC2)s1. The Hall–Kier alpha value is -1.84. The van der Waals surface area contributed by atoms with E-state index in [-0.39, 0.29) is 5.91 Å². The van der Waals surface area contributed by atoms with Crippen LogP contribution in [0.4, 0.5) is 10.8 Å². The number of nitrogens with one attached hydrogen (secondary N) is 1. The fourth-order valence-corrected chi connectivity index (χ4v) is 4.12. The van der Waals surface area contributed by atoms with E-state index in [1.807, 2.05) is 29.2 Å². The van der Waals surface area contributed by atoms with Gasteiger partial charge in [0.2, 0.25) is 11.0 Å². The Balaban J connectivity index is 1.52. The summed E-state index contributed by atoms with van der Waals surface area (Å²) < 4.78 is 6.09. The van der Waals surface area contributed by atoms with Crippen molar-refractivity contribution in [3.05, 3.63) is 24.3 Å². The van der Waals surface area contributed by atoms with Crippen LogP contribution in [0.3, 0.4) is 0 Å². The minimum Gasteiger partial charge on any atom is -0.495 e. The molecule has 0 saturated carbocycles. The zero-order valence-electron chi connectivity index (χ0n) is 14.3. The lowest BCUT2D eigenvalue weighted by atomic mass is 10.3. The van der Waals surface area contributed by atoms with Crippen molar-refractivity contribution in [1.82, 2.24) is 20.0 Å².